The van der Waals surface area contributed by atoms with Crippen LogP contribution in [0.5, 0.6) is 11.5 Å². The molecule has 0 atom stereocenters. The topological polar surface area (TPSA) is 104 Å². The van der Waals surface area contributed by atoms with E-state index in [1.165, 1.54) is 23.1 Å². The molecule has 4 aromatic rings. The van der Waals surface area contributed by atoms with E-state index in [4.69, 9.17) is 9.47 Å². The Labute approximate surface area is 190 Å². The predicted molar refractivity (Wildman–Crippen MR) is 121 cm³/mol. The first kappa shape index (κ1) is 21.3. The minimum atomic E-state index is -0.182. The van der Waals surface area contributed by atoms with Gasteiger partial charge in [0, 0.05) is 21.9 Å². The van der Waals surface area contributed by atoms with E-state index in [-0.39, 0.29) is 11.7 Å². The molecule has 1 amide bonds. The molecule has 0 fully saturated rings. The largest absolute Gasteiger partial charge is 0.497 e. The van der Waals surface area contributed by atoms with Crippen molar-refractivity contribution in [3.63, 3.8) is 0 Å². The summed E-state index contributed by atoms with van der Waals surface area (Å²) in [6.45, 7) is 0.578. The van der Waals surface area contributed by atoms with E-state index in [2.05, 4.69) is 25.8 Å². The van der Waals surface area contributed by atoms with Crippen molar-refractivity contribution >= 4 is 45.5 Å². The molecule has 160 valence electrons. The Morgan fingerprint density at radius 2 is 2.13 bits per heavy atom. The van der Waals surface area contributed by atoms with Crippen LogP contribution < -0.4 is 14.8 Å². The van der Waals surface area contributed by atoms with Gasteiger partial charge in [-0.2, -0.15) is 0 Å². The van der Waals surface area contributed by atoms with E-state index in [1.807, 2.05) is 35.0 Å². The fourth-order valence-electron chi connectivity index (χ4n) is 2.70. The molecular weight excluding hydrogens is 456 g/mol. The summed E-state index contributed by atoms with van der Waals surface area (Å²) >= 11 is 4.26. The molecule has 31 heavy (non-hydrogen) atoms. The molecule has 1 N–H and O–H groups in total. The number of benzene rings is 1. The van der Waals surface area contributed by atoms with E-state index in [9.17, 15) is 4.79 Å². The first-order valence-corrected chi connectivity index (χ1v) is 11.8. The Bertz CT molecular complexity index is 1160. The molecule has 0 saturated carbocycles. The number of amides is 1. The summed E-state index contributed by atoms with van der Waals surface area (Å²) in [5.41, 5.74) is 1.54. The fourth-order valence-corrected chi connectivity index (χ4v) is 4.79. The molecule has 0 radical (unpaired) electrons. The molecule has 0 aliphatic rings. The Morgan fingerprint density at radius 3 is 2.90 bits per heavy atom. The second kappa shape index (κ2) is 9.90. The van der Waals surface area contributed by atoms with Crippen LogP contribution in [-0.4, -0.2) is 51.1 Å². The number of thiophene rings is 1. The molecular formula is C19H18N6O3S3. The summed E-state index contributed by atoms with van der Waals surface area (Å²) < 4.78 is 12.3. The molecule has 0 unspecified atom stereocenters. The van der Waals surface area contributed by atoms with Gasteiger partial charge in [-0.05, 0) is 34.0 Å². The standard InChI is InChI=1S/C19H18N6O3S3/c1-27-12-5-6-14(16(8-12)28-2)15-10-30-18(20-15)21-17(26)11-31-19-22-23-24-25(19)9-13-4-3-7-29-13/h3-8,10H,9,11H2,1-2H3,(H,20,21,26). The van der Waals surface area contributed by atoms with Crippen molar-refractivity contribution in [3.05, 3.63) is 46.0 Å². The number of rotatable bonds is 9. The number of thioether (sulfide) groups is 1. The van der Waals surface area contributed by atoms with Crippen LogP contribution in [0, 0.1) is 0 Å². The van der Waals surface area contributed by atoms with Crippen molar-refractivity contribution < 1.29 is 14.3 Å². The number of carbonyl (C=O) groups excluding carboxylic acids is 1. The van der Waals surface area contributed by atoms with Gasteiger partial charge in [0.1, 0.15) is 11.5 Å². The van der Waals surface area contributed by atoms with Crippen molar-refractivity contribution in [1.82, 2.24) is 25.2 Å². The number of hydrogen-bond donors (Lipinski definition) is 1. The van der Waals surface area contributed by atoms with Gasteiger partial charge >= 0.3 is 0 Å². The van der Waals surface area contributed by atoms with Gasteiger partial charge in [-0.3, -0.25) is 4.79 Å². The van der Waals surface area contributed by atoms with E-state index >= 15 is 0 Å². The molecule has 3 heterocycles. The lowest BCUT2D eigenvalue weighted by Crippen LogP contribution is -2.14. The molecule has 0 aliphatic heterocycles. The molecule has 0 saturated heterocycles. The Kier molecular flexibility index (Phi) is 6.79. The van der Waals surface area contributed by atoms with Gasteiger partial charge in [0.2, 0.25) is 11.1 Å². The van der Waals surface area contributed by atoms with Crippen LogP contribution >= 0.6 is 34.4 Å². The van der Waals surface area contributed by atoms with Crippen LogP contribution in [0.4, 0.5) is 5.13 Å². The zero-order chi connectivity index (χ0) is 21.6. The number of methoxy groups -OCH3 is 2. The number of anilines is 1. The first-order chi connectivity index (χ1) is 15.2. The van der Waals surface area contributed by atoms with Crippen molar-refractivity contribution in [2.24, 2.45) is 0 Å². The van der Waals surface area contributed by atoms with Crippen molar-refractivity contribution in [2.45, 2.75) is 11.7 Å². The van der Waals surface area contributed by atoms with E-state index < -0.39 is 0 Å². The van der Waals surface area contributed by atoms with Gasteiger partial charge in [0.05, 0.1) is 32.2 Å². The number of nitrogens with one attached hydrogen (secondary N) is 1. The quantitative estimate of drug-likeness (QED) is 0.367. The molecule has 9 nitrogen and oxygen atoms in total. The monoisotopic (exact) mass is 474 g/mol. The summed E-state index contributed by atoms with van der Waals surface area (Å²) in [7, 11) is 3.19. The number of hydrogen-bond acceptors (Lipinski definition) is 10. The molecule has 0 aliphatic carbocycles. The first-order valence-electron chi connectivity index (χ1n) is 9.05. The third-order valence-electron chi connectivity index (χ3n) is 4.15. The average Bonchev–Trinajstić information content (AvgIpc) is 3.55. The zero-order valence-corrected chi connectivity index (χ0v) is 19.1. The third kappa shape index (κ3) is 5.21. The minimum absolute atomic E-state index is 0.172. The second-order valence-corrected chi connectivity index (χ2v) is 8.97. The molecule has 1 aromatic carbocycles. The molecule has 4 rings (SSSR count). The normalized spacial score (nSPS) is 10.8. The maximum Gasteiger partial charge on any atom is 0.236 e. The van der Waals surface area contributed by atoms with E-state index in [0.29, 0.717) is 34.0 Å². The molecule has 3 aromatic heterocycles. The maximum atomic E-state index is 12.4. The summed E-state index contributed by atoms with van der Waals surface area (Å²) in [6, 6.07) is 9.51. The number of thiazole rings is 1. The molecule has 0 bridgehead atoms. The van der Waals surface area contributed by atoms with Crippen LogP contribution in [0.2, 0.25) is 0 Å². The highest BCUT2D eigenvalue weighted by molar-refractivity contribution is 7.99. The molecule has 0 spiro atoms. The summed E-state index contributed by atoms with van der Waals surface area (Å²) in [5, 5.41) is 19.5. The van der Waals surface area contributed by atoms with Gasteiger partial charge in [-0.1, -0.05) is 17.8 Å². The van der Waals surface area contributed by atoms with Gasteiger partial charge in [-0.25, -0.2) is 9.67 Å². The van der Waals surface area contributed by atoms with Crippen LogP contribution in [0.3, 0.4) is 0 Å². The third-order valence-corrected chi connectivity index (χ3v) is 6.73. The van der Waals surface area contributed by atoms with Crippen LogP contribution in [0.25, 0.3) is 11.3 Å². The second-order valence-electron chi connectivity index (χ2n) is 6.14. The lowest BCUT2D eigenvalue weighted by atomic mass is 10.1. The number of carbonyl (C=O) groups is 1. The lowest BCUT2D eigenvalue weighted by molar-refractivity contribution is -0.113. The van der Waals surface area contributed by atoms with Crippen LogP contribution in [0.15, 0.2) is 46.2 Å². The highest BCUT2D eigenvalue weighted by Gasteiger charge is 2.14. The number of ether oxygens (including phenoxy) is 2. The van der Waals surface area contributed by atoms with Gasteiger partial charge in [0.15, 0.2) is 5.13 Å². The van der Waals surface area contributed by atoms with Crippen LogP contribution in [0.1, 0.15) is 4.88 Å². The summed E-state index contributed by atoms with van der Waals surface area (Å²) in [6.07, 6.45) is 0. The Hall–Kier alpha value is -2.96. The highest BCUT2D eigenvalue weighted by atomic mass is 32.2. The fraction of sp³-hybridized carbons (Fsp3) is 0.211. The number of nitrogens with zero attached hydrogens (tertiary/aromatic N) is 5. The smallest absolute Gasteiger partial charge is 0.236 e. The van der Waals surface area contributed by atoms with Crippen LogP contribution in [-0.2, 0) is 11.3 Å². The van der Waals surface area contributed by atoms with Crippen molar-refractivity contribution in [2.75, 3.05) is 25.3 Å². The summed E-state index contributed by atoms with van der Waals surface area (Å²) in [4.78, 5) is 18.1. The maximum absolute atomic E-state index is 12.4. The number of tetrazole rings is 1. The minimum Gasteiger partial charge on any atom is -0.497 e. The zero-order valence-electron chi connectivity index (χ0n) is 16.6. The van der Waals surface area contributed by atoms with Gasteiger partial charge < -0.3 is 14.8 Å². The van der Waals surface area contributed by atoms with Crippen molar-refractivity contribution in [1.29, 1.82) is 0 Å². The number of aromatic nitrogens is 5. The van der Waals surface area contributed by atoms with Crippen molar-refractivity contribution in [3.8, 4) is 22.8 Å². The van der Waals surface area contributed by atoms with Gasteiger partial charge in [-0.15, -0.1) is 27.8 Å². The Morgan fingerprint density at radius 1 is 1.23 bits per heavy atom. The SMILES string of the molecule is COc1ccc(-c2csc(NC(=O)CSc3nnnn3Cc3cccs3)n2)c(OC)c1. The average molecular weight is 475 g/mol. The molecule has 12 heteroatoms. The highest BCUT2D eigenvalue weighted by Crippen LogP contribution is 2.34. The summed E-state index contributed by atoms with van der Waals surface area (Å²) in [5.74, 6) is 1.34. The van der Waals surface area contributed by atoms with E-state index in [1.54, 1.807) is 36.3 Å². The van der Waals surface area contributed by atoms with Gasteiger partial charge in [0.25, 0.3) is 0 Å². The predicted octanol–water partition coefficient (Wildman–Crippen LogP) is 3.65. The lowest BCUT2D eigenvalue weighted by Gasteiger charge is -2.08. The van der Waals surface area contributed by atoms with E-state index in [0.717, 1.165) is 10.4 Å². The Balaban J connectivity index is 1.37.